The summed E-state index contributed by atoms with van der Waals surface area (Å²) in [4.78, 5) is 10.7. The second-order valence-corrected chi connectivity index (χ2v) is 3.47. The average Bonchev–Trinajstić information content (AvgIpc) is 2.73. The molecule has 0 bridgehead atoms. The molecule has 17 heavy (non-hydrogen) atoms. The minimum Gasteiger partial charge on any atom is -0.490 e. The summed E-state index contributed by atoms with van der Waals surface area (Å²) in [5.74, 6) is -0.337. The molecule has 1 aromatic carbocycles. The summed E-state index contributed by atoms with van der Waals surface area (Å²) >= 11 is 0. The highest BCUT2D eigenvalue weighted by atomic mass is 19.1. The van der Waals surface area contributed by atoms with Crippen LogP contribution in [0.25, 0.3) is 0 Å². The maximum Gasteiger partial charge on any atom is 0.407 e. The van der Waals surface area contributed by atoms with Gasteiger partial charge < -0.3 is 14.8 Å². The Balaban J connectivity index is 1.93. The van der Waals surface area contributed by atoms with Crippen LogP contribution in [0.3, 0.4) is 0 Å². The van der Waals surface area contributed by atoms with Gasteiger partial charge in [-0.2, -0.15) is 5.26 Å². The molecule has 1 atom stereocenters. The van der Waals surface area contributed by atoms with Crippen molar-refractivity contribution in [3.63, 3.8) is 0 Å². The van der Waals surface area contributed by atoms with Crippen LogP contribution in [0.2, 0.25) is 0 Å². The minimum atomic E-state index is -0.633. The minimum absolute atomic E-state index is 0.0358. The Kier molecular flexibility index (Phi) is 3.10. The fraction of sp³-hybridized carbons (Fsp3) is 0.273. The van der Waals surface area contributed by atoms with Gasteiger partial charge in [-0.25, -0.2) is 9.18 Å². The molecule has 1 heterocycles. The Morgan fingerprint density at radius 2 is 2.47 bits per heavy atom. The largest absolute Gasteiger partial charge is 0.490 e. The first kappa shape index (κ1) is 11.2. The van der Waals surface area contributed by atoms with Crippen LogP contribution < -0.4 is 10.1 Å². The molecule has 0 aliphatic carbocycles. The average molecular weight is 236 g/mol. The van der Waals surface area contributed by atoms with E-state index in [4.69, 9.17) is 14.7 Å². The van der Waals surface area contributed by atoms with E-state index in [1.54, 1.807) is 6.07 Å². The Morgan fingerprint density at radius 3 is 3.06 bits per heavy atom. The van der Waals surface area contributed by atoms with Gasteiger partial charge in [0.05, 0.1) is 12.1 Å². The molecule has 1 unspecified atom stereocenters. The van der Waals surface area contributed by atoms with Crippen LogP contribution in [0.4, 0.5) is 9.18 Å². The molecule has 0 saturated carbocycles. The molecule has 1 aliphatic rings. The number of carbonyl (C=O) groups excluding carboxylic acids is 1. The van der Waals surface area contributed by atoms with Crippen molar-refractivity contribution < 1.29 is 18.7 Å². The van der Waals surface area contributed by atoms with E-state index >= 15 is 0 Å². The van der Waals surface area contributed by atoms with Crippen molar-refractivity contribution in [2.45, 2.75) is 6.10 Å². The van der Waals surface area contributed by atoms with Crippen molar-refractivity contribution in [2.75, 3.05) is 13.2 Å². The molecular weight excluding hydrogens is 227 g/mol. The van der Waals surface area contributed by atoms with E-state index < -0.39 is 11.9 Å². The Morgan fingerprint density at radius 1 is 1.65 bits per heavy atom. The summed E-state index contributed by atoms with van der Waals surface area (Å²) in [6, 6.07) is 5.67. The molecule has 1 saturated heterocycles. The predicted molar refractivity (Wildman–Crippen MR) is 54.9 cm³/mol. The van der Waals surface area contributed by atoms with Gasteiger partial charge in [0.25, 0.3) is 0 Å². The predicted octanol–water partition coefficient (Wildman–Crippen LogP) is 1.18. The highest BCUT2D eigenvalue weighted by Gasteiger charge is 2.22. The highest BCUT2D eigenvalue weighted by molar-refractivity contribution is 5.69. The topological polar surface area (TPSA) is 71.3 Å². The molecule has 2 rings (SSSR count). The van der Waals surface area contributed by atoms with E-state index in [1.165, 1.54) is 12.1 Å². The lowest BCUT2D eigenvalue weighted by atomic mass is 10.2. The summed E-state index contributed by atoms with van der Waals surface area (Å²) in [7, 11) is 0. The number of hydrogen-bond donors (Lipinski definition) is 1. The Hall–Kier alpha value is -2.29. The number of cyclic esters (lactones) is 1. The summed E-state index contributed by atoms with van der Waals surface area (Å²) in [6.07, 6.45) is -0.856. The van der Waals surface area contributed by atoms with Crippen molar-refractivity contribution in [3.8, 4) is 11.8 Å². The number of benzene rings is 1. The highest BCUT2D eigenvalue weighted by Crippen LogP contribution is 2.16. The number of nitriles is 1. The molecule has 1 amide bonds. The summed E-state index contributed by atoms with van der Waals surface area (Å²) in [5.41, 5.74) is -0.0358. The van der Waals surface area contributed by atoms with Gasteiger partial charge in [-0.1, -0.05) is 0 Å². The van der Waals surface area contributed by atoms with Gasteiger partial charge in [-0.05, 0) is 12.1 Å². The van der Waals surface area contributed by atoms with Crippen LogP contribution in [-0.4, -0.2) is 25.3 Å². The van der Waals surface area contributed by atoms with Crippen molar-refractivity contribution in [1.82, 2.24) is 5.32 Å². The molecule has 5 nitrogen and oxygen atoms in total. The van der Waals surface area contributed by atoms with Gasteiger partial charge in [0.15, 0.2) is 6.10 Å². The Bertz CT molecular complexity index is 484. The number of alkyl carbamates (subject to hydrolysis) is 1. The number of halogens is 1. The van der Waals surface area contributed by atoms with Gasteiger partial charge in [0.2, 0.25) is 0 Å². The van der Waals surface area contributed by atoms with Gasteiger partial charge >= 0.3 is 6.09 Å². The quantitative estimate of drug-likeness (QED) is 0.855. The third-order valence-electron chi connectivity index (χ3n) is 2.24. The summed E-state index contributed by atoms with van der Waals surface area (Å²) in [6.45, 7) is 0.516. The first-order chi connectivity index (χ1) is 8.19. The second-order valence-electron chi connectivity index (χ2n) is 3.47. The van der Waals surface area contributed by atoms with Gasteiger partial charge in [0, 0.05) is 6.07 Å². The number of nitrogens with zero attached hydrogens (tertiary/aromatic N) is 1. The van der Waals surface area contributed by atoms with Crippen LogP contribution in [0, 0.1) is 17.1 Å². The SMILES string of the molecule is N#Cc1ccc(OCC2CNC(=O)O2)cc1F. The number of amides is 1. The second kappa shape index (κ2) is 4.70. The molecule has 1 fully saturated rings. The maximum atomic E-state index is 13.2. The van der Waals surface area contributed by atoms with E-state index in [0.717, 1.165) is 6.07 Å². The van der Waals surface area contributed by atoms with Crippen molar-refractivity contribution in [3.05, 3.63) is 29.6 Å². The number of ether oxygens (including phenoxy) is 2. The Labute approximate surface area is 96.7 Å². The summed E-state index contributed by atoms with van der Waals surface area (Å²) in [5, 5.41) is 11.0. The molecule has 1 N–H and O–H groups in total. The van der Waals surface area contributed by atoms with Crippen molar-refractivity contribution in [2.24, 2.45) is 0 Å². The van der Waals surface area contributed by atoms with Crippen LogP contribution in [0.1, 0.15) is 5.56 Å². The van der Waals surface area contributed by atoms with Crippen LogP contribution in [0.5, 0.6) is 5.75 Å². The van der Waals surface area contributed by atoms with Crippen LogP contribution in [-0.2, 0) is 4.74 Å². The van der Waals surface area contributed by atoms with E-state index in [1.807, 2.05) is 0 Å². The maximum absolute atomic E-state index is 13.2. The standard InChI is InChI=1S/C11H9FN2O3/c12-10-3-8(2-1-7(10)4-13)16-6-9-5-14-11(15)17-9/h1-3,9H,5-6H2,(H,14,15). The normalized spacial score (nSPS) is 18.1. The zero-order valence-electron chi connectivity index (χ0n) is 8.77. The van der Waals surface area contributed by atoms with Crippen LogP contribution >= 0.6 is 0 Å². The van der Waals surface area contributed by atoms with E-state index in [-0.39, 0.29) is 18.3 Å². The number of carbonyl (C=O) groups is 1. The lowest BCUT2D eigenvalue weighted by Gasteiger charge is -2.10. The van der Waals surface area contributed by atoms with E-state index in [2.05, 4.69) is 5.32 Å². The number of rotatable bonds is 3. The summed E-state index contributed by atoms with van der Waals surface area (Å²) < 4.78 is 23.3. The lowest BCUT2D eigenvalue weighted by molar-refractivity contribution is 0.104. The molecule has 0 radical (unpaired) electrons. The van der Waals surface area contributed by atoms with Gasteiger partial charge in [-0.3, -0.25) is 0 Å². The zero-order chi connectivity index (χ0) is 12.3. The smallest absolute Gasteiger partial charge is 0.407 e. The number of nitrogens with one attached hydrogen (secondary N) is 1. The zero-order valence-corrected chi connectivity index (χ0v) is 8.77. The molecule has 1 aliphatic heterocycles. The molecule has 0 spiro atoms. The fourth-order valence-corrected chi connectivity index (χ4v) is 1.39. The molecular formula is C11H9FN2O3. The molecule has 6 heteroatoms. The fourth-order valence-electron chi connectivity index (χ4n) is 1.39. The first-order valence-electron chi connectivity index (χ1n) is 4.96. The van der Waals surface area contributed by atoms with Crippen LogP contribution in [0.15, 0.2) is 18.2 Å². The monoisotopic (exact) mass is 236 g/mol. The van der Waals surface area contributed by atoms with E-state index in [0.29, 0.717) is 12.3 Å². The van der Waals surface area contributed by atoms with Gasteiger partial charge in [-0.15, -0.1) is 0 Å². The molecule has 1 aromatic rings. The van der Waals surface area contributed by atoms with Crippen molar-refractivity contribution >= 4 is 6.09 Å². The lowest BCUT2D eigenvalue weighted by Crippen LogP contribution is -2.21. The number of hydrogen-bond acceptors (Lipinski definition) is 4. The van der Waals surface area contributed by atoms with Gasteiger partial charge in [0.1, 0.15) is 24.2 Å². The molecule has 88 valence electrons. The first-order valence-corrected chi connectivity index (χ1v) is 4.96. The van der Waals surface area contributed by atoms with Crippen molar-refractivity contribution in [1.29, 1.82) is 5.26 Å². The third-order valence-corrected chi connectivity index (χ3v) is 2.24. The third kappa shape index (κ3) is 2.64. The molecule has 0 aromatic heterocycles. The van der Waals surface area contributed by atoms with E-state index in [9.17, 15) is 9.18 Å².